The van der Waals surface area contributed by atoms with Crippen LogP contribution in [0.15, 0.2) is 0 Å². The van der Waals surface area contributed by atoms with Gasteiger partial charge in [-0.15, -0.1) is 11.6 Å². The van der Waals surface area contributed by atoms with Crippen LogP contribution >= 0.6 is 11.6 Å². The molecule has 0 bridgehead atoms. The molecule has 0 aromatic rings. The molecule has 1 fully saturated rings. The molecule has 0 radical (unpaired) electrons. The van der Waals surface area contributed by atoms with Crippen LogP contribution in [0.1, 0.15) is 20.8 Å². The predicted octanol–water partition coefficient (Wildman–Crippen LogP) is 0.970. The molecule has 1 heterocycles. The molecular formula is C10H21ClN2O2S. The molecule has 0 spiro atoms. The number of hydrogen-bond donors (Lipinski definition) is 0. The highest BCUT2D eigenvalue weighted by Gasteiger charge is 2.31. The molecule has 0 saturated carbocycles. The summed E-state index contributed by atoms with van der Waals surface area (Å²) in [5.74, 6) is 0.159. The Morgan fingerprint density at radius 3 is 2.00 bits per heavy atom. The number of nitrogens with zero attached hydrogens (tertiary/aromatic N) is 2. The van der Waals surface area contributed by atoms with Crippen LogP contribution < -0.4 is 0 Å². The first-order valence-corrected chi connectivity index (χ1v) is 7.72. The van der Waals surface area contributed by atoms with E-state index in [0.717, 1.165) is 13.1 Å². The lowest BCUT2D eigenvalue weighted by molar-refractivity contribution is 0.153. The van der Waals surface area contributed by atoms with Crippen molar-refractivity contribution in [1.82, 2.24) is 9.21 Å². The van der Waals surface area contributed by atoms with E-state index in [4.69, 9.17) is 11.6 Å². The Hall–Kier alpha value is 0.160. The minimum Gasteiger partial charge on any atom is -0.298 e. The van der Waals surface area contributed by atoms with Crippen molar-refractivity contribution in [2.45, 2.75) is 32.1 Å². The summed E-state index contributed by atoms with van der Waals surface area (Å²) >= 11 is 5.62. The van der Waals surface area contributed by atoms with Crippen LogP contribution in [-0.4, -0.2) is 61.0 Å². The highest BCUT2D eigenvalue weighted by atomic mass is 35.5. The lowest BCUT2D eigenvalue weighted by atomic mass is 10.3. The first-order chi connectivity index (χ1) is 7.39. The first-order valence-electron chi connectivity index (χ1n) is 5.68. The van der Waals surface area contributed by atoms with E-state index in [9.17, 15) is 8.42 Å². The molecule has 1 aliphatic heterocycles. The zero-order valence-electron chi connectivity index (χ0n) is 10.2. The summed E-state index contributed by atoms with van der Waals surface area (Å²) < 4.78 is 25.6. The Bertz CT molecular complexity index is 311. The summed E-state index contributed by atoms with van der Waals surface area (Å²) in [6, 6.07) is 0.482. The number of halogens is 1. The van der Waals surface area contributed by atoms with Gasteiger partial charge in [-0.3, -0.25) is 4.90 Å². The fourth-order valence-corrected chi connectivity index (χ4v) is 3.63. The van der Waals surface area contributed by atoms with Gasteiger partial charge in [0.2, 0.25) is 10.0 Å². The van der Waals surface area contributed by atoms with Crippen molar-refractivity contribution in [3.05, 3.63) is 0 Å². The summed E-state index contributed by atoms with van der Waals surface area (Å²) in [5, 5.41) is -0.486. The van der Waals surface area contributed by atoms with Crippen molar-refractivity contribution in [1.29, 1.82) is 0 Å². The monoisotopic (exact) mass is 268 g/mol. The van der Waals surface area contributed by atoms with Crippen molar-refractivity contribution in [3.63, 3.8) is 0 Å². The zero-order valence-corrected chi connectivity index (χ0v) is 11.8. The number of alkyl halides is 1. The van der Waals surface area contributed by atoms with E-state index in [1.165, 1.54) is 0 Å². The second-order valence-corrected chi connectivity index (χ2v) is 7.20. The Morgan fingerprint density at radius 2 is 1.62 bits per heavy atom. The fourth-order valence-electron chi connectivity index (χ4n) is 1.81. The minimum atomic E-state index is -3.19. The van der Waals surface area contributed by atoms with E-state index in [-0.39, 0.29) is 5.88 Å². The molecule has 6 heteroatoms. The van der Waals surface area contributed by atoms with Gasteiger partial charge in [-0.1, -0.05) is 0 Å². The molecule has 0 amide bonds. The summed E-state index contributed by atoms with van der Waals surface area (Å²) in [6.45, 7) is 8.72. The molecule has 0 aromatic carbocycles. The third kappa shape index (κ3) is 3.09. The molecular weight excluding hydrogens is 248 g/mol. The standard InChI is InChI=1S/C10H21ClN2O2S/c1-9(2)12-4-6-13(7-5-12)16(14,15)10(3)8-11/h9-10H,4-8H2,1-3H3. The second-order valence-electron chi connectivity index (χ2n) is 4.54. The Kier molecular flexibility index (Phi) is 5.04. The zero-order chi connectivity index (χ0) is 12.3. The molecule has 96 valence electrons. The Balaban J connectivity index is 2.60. The lowest BCUT2D eigenvalue weighted by Gasteiger charge is -2.37. The molecule has 16 heavy (non-hydrogen) atoms. The number of rotatable bonds is 4. The van der Waals surface area contributed by atoms with Crippen LogP contribution in [0.2, 0.25) is 0 Å². The molecule has 0 aliphatic carbocycles. The van der Waals surface area contributed by atoms with E-state index in [0.29, 0.717) is 19.1 Å². The maximum absolute atomic E-state index is 12.0. The van der Waals surface area contributed by atoms with Crippen molar-refractivity contribution in [2.24, 2.45) is 0 Å². The van der Waals surface area contributed by atoms with Crippen LogP contribution in [-0.2, 0) is 10.0 Å². The lowest BCUT2D eigenvalue weighted by Crippen LogP contribution is -2.52. The van der Waals surface area contributed by atoms with E-state index in [1.807, 2.05) is 0 Å². The third-order valence-corrected chi connectivity index (χ3v) is 6.00. The van der Waals surface area contributed by atoms with Gasteiger partial charge in [0.25, 0.3) is 0 Å². The normalized spacial score (nSPS) is 22.6. The number of sulfonamides is 1. The van der Waals surface area contributed by atoms with Gasteiger partial charge in [0, 0.05) is 38.1 Å². The number of hydrogen-bond acceptors (Lipinski definition) is 3. The van der Waals surface area contributed by atoms with Crippen LogP contribution in [0, 0.1) is 0 Å². The van der Waals surface area contributed by atoms with Crippen molar-refractivity contribution >= 4 is 21.6 Å². The molecule has 0 N–H and O–H groups in total. The van der Waals surface area contributed by atoms with Gasteiger partial charge in [0.05, 0.1) is 5.25 Å². The van der Waals surface area contributed by atoms with E-state index >= 15 is 0 Å². The summed E-state index contributed by atoms with van der Waals surface area (Å²) in [5.41, 5.74) is 0. The van der Waals surface area contributed by atoms with Crippen LogP contribution in [0.3, 0.4) is 0 Å². The fraction of sp³-hybridized carbons (Fsp3) is 1.00. The van der Waals surface area contributed by atoms with Gasteiger partial charge >= 0.3 is 0 Å². The van der Waals surface area contributed by atoms with E-state index in [1.54, 1.807) is 11.2 Å². The highest BCUT2D eigenvalue weighted by molar-refractivity contribution is 7.89. The predicted molar refractivity (Wildman–Crippen MR) is 67.4 cm³/mol. The maximum Gasteiger partial charge on any atom is 0.217 e. The van der Waals surface area contributed by atoms with Gasteiger partial charge in [0.1, 0.15) is 0 Å². The molecule has 1 unspecified atom stereocenters. The molecule has 0 aromatic heterocycles. The molecule has 1 rings (SSSR count). The summed E-state index contributed by atoms with van der Waals surface area (Å²) in [7, 11) is -3.19. The molecule has 4 nitrogen and oxygen atoms in total. The molecule has 1 aliphatic rings. The topological polar surface area (TPSA) is 40.6 Å². The minimum absolute atomic E-state index is 0.159. The summed E-state index contributed by atoms with van der Waals surface area (Å²) in [6.07, 6.45) is 0. The number of piperazine rings is 1. The average Bonchev–Trinajstić information content (AvgIpc) is 2.28. The average molecular weight is 269 g/mol. The highest BCUT2D eigenvalue weighted by Crippen LogP contribution is 2.14. The van der Waals surface area contributed by atoms with Gasteiger partial charge in [-0.25, -0.2) is 8.42 Å². The maximum atomic E-state index is 12.0. The third-order valence-electron chi connectivity index (χ3n) is 3.09. The van der Waals surface area contributed by atoms with Crippen LogP contribution in [0.25, 0.3) is 0 Å². The van der Waals surface area contributed by atoms with Crippen LogP contribution in [0.5, 0.6) is 0 Å². The largest absolute Gasteiger partial charge is 0.298 e. The van der Waals surface area contributed by atoms with E-state index in [2.05, 4.69) is 18.7 Å². The quantitative estimate of drug-likeness (QED) is 0.714. The van der Waals surface area contributed by atoms with Gasteiger partial charge in [-0.2, -0.15) is 4.31 Å². The van der Waals surface area contributed by atoms with Crippen molar-refractivity contribution in [2.75, 3.05) is 32.1 Å². The van der Waals surface area contributed by atoms with Gasteiger partial charge in [0.15, 0.2) is 0 Å². The van der Waals surface area contributed by atoms with E-state index < -0.39 is 15.3 Å². The second kappa shape index (κ2) is 5.67. The Labute approximate surface area is 104 Å². The van der Waals surface area contributed by atoms with Crippen LogP contribution in [0.4, 0.5) is 0 Å². The van der Waals surface area contributed by atoms with Crippen molar-refractivity contribution in [3.8, 4) is 0 Å². The summed E-state index contributed by atoms with van der Waals surface area (Å²) in [4.78, 5) is 2.29. The first kappa shape index (κ1) is 14.2. The molecule has 1 saturated heterocycles. The van der Waals surface area contributed by atoms with Gasteiger partial charge in [-0.05, 0) is 20.8 Å². The smallest absolute Gasteiger partial charge is 0.217 e. The van der Waals surface area contributed by atoms with Gasteiger partial charge < -0.3 is 0 Å². The van der Waals surface area contributed by atoms with Crippen molar-refractivity contribution < 1.29 is 8.42 Å². The Morgan fingerprint density at radius 1 is 1.12 bits per heavy atom. The SMILES string of the molecule is CC(C)N1CCN(S(=O)(=O)C(C)CCl)CC1. The molecule has 1 atom stereocenters.